The molecule has 4 heteroatoms. The maximum atomic E-state index is 6.90. The molecule has 0 saturated heterocycles. The third-order valence-corrected chi connectivity index (χ3v) is 8.57. The summed E-state index contributed by atoms with van der Waals surface area (Å²) in [5.41, 5.74) is 19.0. The monoisotopic (exact) mass is 674 g/mol. The summed E-state index contributed by atoms with van der Waals surface area (Å²) in [6.07, 6.45) is 0. The van der Waals surface area contributed by atoms with Crippen LogP contribution in [0, 0.1) is 0 Å². The Hall–Kier alpha value is -3.80. The molecule has 6 rings (SSSR count). The number of rotatable bonds is 6. The van der Waals surface area contributed by atoms with Crippen LogP contribution in [0.5, 0.6) is 0 Å². The molecule has 0 aliphatic heterocycles. The van der Waals surface area contributed by atoms with Crippen LogP contribution >= 0.6 is 31.9 Å². The fourth-order valence-corrected chi connectivity index (χ4v) is 5.76. The van der Waals surface area contributed by atoms with Crippen molar-refractivity contribution in [3.63, 3.8) is 0 Å². The molecule has 0 aliphatic rings. The van der Waals surface area contributed by atoms with E-state index in [0.29, 0.717) is 0 Å². The van der Waals surface area contributed by atoms with Crippen molar-refractivity contribution in [2.24, 2.45) is 11.5 Å². The molecule has 42 heavy (non-hydrogen) atoms. The van der Waals surface area contributed by atoms with Crippen molar-refractivity contribution in [2.75, 3.05) is 0 Å². The number of halogens is 2. The molecular formula is C38H32Br2N2. The molecule has 6 aromatic rings. The second-order valence-corrected chi connectivity index (χ2v) is 11.9. The van der Waals surface area contributed by atoms with Crippen molar-refractivity contribution in [3.8, 4) is 0 Å². The normalized spacial score (nSPS) is 11.3. The van der Waals surface area contributed by atoms with Crippen molar-refractivity contribution in [3.05, 3.63) is 212 Å². The van der Waals surface area contributed by atoms with Gasteiger partial charge in [0.15, 0.2) is 0 Å². The first-order valence-electron chi connectivity index (χ1n) is 13.7. The molecule has 0 aromatic heterocycles. The minimum Gasteiger partial charge on any atom is -0.314 e. The summed E-state index contributed by atoms with van der Waals surface area (Å²) >= 11 is 6.97. The lowest BCUT2D eigenvalue weighted by Crippen LogP contribution is -2.39. The molecule has 2 nitrogen and oxygen atoms in total. The highest BCUT2D eigenvalue weighted by atomic mass is 79.9. The molecule has 0 unspecified atom stereocenters. The van der Waals surface area contributed by atoms with Crippen molar-refractivity contribution < 1.29 is 0 Å². The van der Waals surface area contributed by atoms with Crippen LogP contribution < -0.4 is 11.5 Å². The van der Waals surface area contributed by atoms with Crippen molar-refractivity contribution in [1.82, 2.24) is 0 Å². The first kappa shape index (κ1) is 29.7. The molecule has 0 atom stereocenters. The van der Waals surface area contributed by atoms with Gasteiger partial charge < -0.3 is 11.5 Å². The lowest BCUT2D eigenvalue weighted by Gasteiger charge is -2.31. The highest BCUT2D eigenvalue weighted by molar-refractivity contribution is 9.10. The summed E-state index contributed by atoms with van der Waals surface area (Å²) in [5, 5.41) is 0. The SMILES string of the molecule is NC(c1ccccc1)(c1ccccc1)c1ccc(Br)cc1.NC(c1ccccc1)(c1ccccc1)c1ccc(Br)cc1. The van der Waals surface area contributed by atoms with Gasteiger partial charge in [-0.25, -0.2) is 0 Å². The Labute approximate surface area is 265 Å². The fourth-order valence-electron chi connectivity index (χ4n) is 5.23. The third kappa shape index (κ3) is 6.33. The fraction of sp³-hybridized carbons (Fsp3) is 0.0526. The van der Waals surface area contributed by atoms with Crippen LogP contribution in [-0.4, -0.2) is 0 Å². The maximum absolute atomic E-state index is 6.90. The molecular weight excluding hydrogens is 644 g/mol. The smallest absolute Gasteiger partial charge is 0.0922 e. The minimum atomic E-state index is -0.650. The molecule has 0 spiro atoms. The predicted molar refractivity (Wildman–Crippen MR) is 182 cm³/mol. The molecule has 0 bridgehead atoms. The largest absolute Gasteiger partial charge is 0.314 e. The van der Waals surface area contributed by atoms with Gasteiger partial charge in [-0.15, -0.1) is 0 Å². The van der Waals surface area contributed by atoms with E-state index in [0.717, 1.165) is 42.3 Å². The predicted octanol–water partition coefficient (Wildman–Crippen LogP) is 9.40. The first-order chi connectivity index (χ1) is 20.4. The highest BCUT2D eigenvalue weighted by Crippen LogP contribution is 2.35. The van der Waals surface area contributed by atoms with E-state index in [2.05, 4.69) is 105 Å². The minimum absolute atomic E-state index is 0.650. The Morgan fingerprint density at radius 1 is 0.286 bits per heavy atom. The maximum Gasteiger partial charge on any atom is 0.0922 e. The van der Waals surface area contributed by atoms with Gasteiger partial charge in [0.2, 0.25) is 0 Å². The van der Waals surface area contributed by atoms with E-state index < -0.39 is 11.1 Å². The standard InChI is InChI=1S/2C19H16BrN/c2*20-18-13-11-17(12-14-18)19(21,15-7-3-1-4-8-15)16-9-5-2-6-10-16/h2*1-14H,21H2. The third-order valence-electron chi connectivity index (χ3n) is 7.52. The average molecular weight is 676 g/mol. The number of benzene rings is 6. The topological polar surface area (TPSA) is 52.0 Å². The summed E-state index contributed by atoms with van der Waals surface area (Å²) in [6, 6.07) is 57.3. The molecule has 6 aromatic carbocycles. The zero-order chi connectivity index (χ0) is 29.4. The van der Waals surface area contributed by atoms with Gasteiger partial charge in [0.1, 0.15) is 0 Å². The molecule has 0 radical (unpaired) electrons. The highest BCUT2D eigenvalue weighted by Gasteiger charge is 2.32. The number of hydrogen-bond acceptors (Lipinski definition) is 2. The molecule has 0 saturated carbocycles. The van der Waals surface area contributed by atoms with Crippen molar-refractivity contribution in [1.29, 1.82) is 0 Å². The summed E-state index contributed by atoms with van der Waals surface area (Å²) in [4.78, 5) is 0. The second kappa shape index (κ2) is 13.5. The van der Waals surface area contributed by atoms with Crippen LogP contribution in [0.4, 0.5) is 0 Å². The van der Waals surface area contributed by atoms with E-state index in [9.17, 15) is 0 Å². The van der Waals surface area contributed by atoms with E-state index in [4.69, 9.17) is 11.5 Å². The number of nitrogens with two attached hydrogens (primary N) is 2. The molecule has 0 aliphatic carbocycles. The summed E-state index contributed by atoms with van der Waals surface area (Å²) in [6.45, 7) is 0. The van der Waals surface area contributed by atoms with Gasteiger partial charge in [0.25, 0.3) is 0 Å². The lowest BCUT2D eigenvalue weighted by atomic mass is 9.78. The Kier molecular flexibility index (Phi) is 9.51. The van der Waals surface area contributed by atoms with E-state index in [1.54, 1.807) is 0 Å². The van der Waals surface area contributed by atoms with Gasteiger partial charge in [0, 0.05) is 8.95 Å². The average Bonchev–Trinajstić information content (AvgIpc) is 3.06. The van der Waals surface area contributed by atoms with Gasteiger partial charge in [-0.1, -0.05) is 177 Å². The Morgan fingerprint density at radius 3 is 0.690 bits per heavy atom. The van der Waals surface area contributed by atoms with Gasteiger partial charge in [0.05, 0.1) is 11.1 Å². The Morgan fingerprint density at radius 2 is 0.476 bits per heavy atom. The lowest BCUT2D eigenvalue weighted by molar-refractivity contribution is 0.652. The number of hydrogen-bond donors (Lipinski definition) is 2. The van der Waals surface area contributed by atoms with E-state index in [1.165, 1.54) is 0 Å². The first-order valence-corrected chi connectivity index (χ1v) is 15.3. The van der Waals surface area contributed by atoms with E-state index in [1.807, 2.05) is 97.1 Å². The zero-order valence-corrected chi connectivity index (χ0v) is 26.2. The van der Waals surface area contributed by atoms with Crippen LogP contribution in [0.2, 0.25) is 0 Å². The van der Waals surface area contributed by atoms with Crippen LogP contribution in [0.1, 0.15) is 33.4 Å². The zero-order valence-electron chi connectivity index (χ0n) is 23.1. The molecule has 4 N–H and O–H groups in total. The van der Waals surface area contributed by atoms with Gasteiger partial charge in [-0.2, -0.15) is 0 Å². The van der Waals surface area contributed by atoms with E-state index in [-0.39, 0.29) is 0 Å². The van der Waals surface area contributed by atoms with Gasteiger partial charge >= 0.3 is 0 Å². The van der Waals surface area contributed by atoms with E-state index >= 15 is 0 Å². The van der Waals surface area contributed by atoms with Crippen LogP contribution in [-0.2, 0) is 11.1 Å². The Balaban J connectivity index is 0.000000168. The van der Waals surface area contributed by atoms with Crippen LogP contribution in [0.3, 0.4) is 0 Å². The molecule has 0 heterocycles. The van der Waals surface area contributed by atoms with Crippen LogP contribution in [0.25, 0.3) is 0 Å². The Bertz CT molecular complexity index is 1460. The van der Waals surface area contributed by atoms with Crippen molar-refractivity contribution >= 4 is 31.9 Å². The summed E-state index contributed by atoms with van der Waals surface area (Å²) < 4.78 is 2.10. The molecule has 0 amide bonds. The van der Waals surface area contributed by atoms with Gasteiger partial charge in [-0.3, -0.25) is 0 Å². The molecule has 0 fully saturated rings. The van der Waals surface area contributed by atoms with Crippen molar-refractivity contribution in [2.45, 2.75) is 11.1 Å². The van der Waals surface area contributed by atoms with Gasteiger partial charge in [-0.05, 0) is 57.6 Å². The summed E-state index contributed by atoms with van der Waals surface area (Å²) in [7, 11) is 0. The van der Waals surface area contributed by atoms with Crippen LogP contribution in [0.15, 0.2) is 179 Å². The summed E-state index contributed by atoms with van der Waals surface area (Å²) in [5.74, 6) is 0. The quantitative estimate of drug-likeness (QED) is 0.173. The molecule has 208 valence electrons. The second-order valence-electron chi connectivity index (χ2n) is 10.1.